The Morgan fingerprint density at radius 2 is 2.29 bits per heavy atom. The lowest BCUT2D eigenvalue weighted by Gasteiger charge is -2.06. The van der Waals surface area contributed by atoms with E-state index in [0.717, 1.165) is 0 Å². The lowest BCUT2D eigenvalue weighted by atomic mass is 10.0. The van der Waals surface area contributed by atoms with Gasteiger partial charge in [0, 0.05) is 6.20 Å². The van der Waals surface area contributed by atoms with Gasteiger partial charge in [-0.05, 0) is 28.5 Å². The van der Waals surface area contributed by atoms with Gasteiger partial charge in [0.25, 0.3) is 0 Å². The number of carboxylic acids is 1. The van der Waals surface area contributed by atoms with E-state index in [1.807, 2.05) is 0 Å². The Bertz CT molecular complexity index is 605. The molecule has 0 aliphatic rings. The lowest BCUT2D eigenvalue weighted by molar-refractivity contribution is -0.387. The number of carbonyl (C=O) groups is 1. The standard InChI is InChI=1S/C10H9N3O4/c1-6(10(14)15)7-2-3-8-9(13(16)17)11-5-12(8)4-7/h2-6H,1H3,(H,14,15). The summed E-state index contributed by atoms with van der Waals surface area (Å²) >= 11 is 0. The number of hydrogen-bond donors (Lipinski definition) is 1. The quantitative estimate of drug-likeness (QED) is 0.641. The summed E-state index contributed by atoms with van der Waals surface area (Å²) in [6.45, 7) is 1.55. The molecular formula is C10H9N3O4. The summed E-state index contributed by atoms with van der Waals surface area (Å²) in [5, 5.41) is 19.5. The third-order valence-corrected chi connectivity index (χ3v) is 2.58. The number of hydrogen-bond acceptors (Lipinski definition) is 4. The van der Waals surface area contributed by atoms with Crippen LogP contribution in [-0.2, 0) is 4.79 Å². The van der Waals surface area contributed by atoms with Crippen molar-refractivity contribution < 1.29 is 14.8 Å². The average molecular weight is 235 g/mol. The molecule has 0 spiro atoms. The van der Waals surface area contributed by atoms with E-state index >= 15 is 0 Å². The van der Waals surface area contributed by atoms with E-state index in [9.17, 15) is 14.9 Å². The van der Waals surface area contributed by atoms with E-state index in [-0.39, 0.29) is 5.82 Å². The van der Waals surface area contributed by atoms with Crippen molar-refractivity contribution in [3.05, 3.63) is 40.3 Å². The Balaban J connectivity index is 2.53. The van der Waals surface area contributed by atoms with E-state index in [2.05, 4.69) is 4.98 Å². The Labute approximate surface area is 95.5 Å². The van der Waals surface area contributed by atoms with Gasteiger partial charge in [-0.25, -0.2) is 0 Å². The summed E-state index contributed by atoms with van der Waals surface area (Å²) < 4.78 is 1.45. The molecule has 0 bridgehead atoms. The van der Waals surface area contributed by atoms with Crippen LogP contribution in [-0.4, -0.2) is 25.4 Å². The highest BCUT2D eigenvalue weighted by Crippen LogP contribution is 2.21. The Morgan fingerprint density at radius 3 is 2.88 bits per heavy atom. The zero-order valence-electron chi connectivity index (χ0n) is 8.90. The Morgan fingerprint density at radius 1 is 1.59 bits per heavy atom. The fourth-order valence-corrected chi connectivity index (χ4v) is 1.54. The number of nitro groups is 1. The van der Waals surface area contributed by atoms with Crippen LogP contribution in [0.1, 0.15) is 18.4 Å². The zero-order valence-corrected chi connectivity index (χ0v) is 8.90. The first-order valence-electron chi connectivity index (χ1n) is 4.84. The van der Waals surface area contributed by atoms with Crippen molar-refractivity contribution >= 4 is 17.3 Å². The summed E-state index contributed by atoms with van der Waals surface area (Å²) in [7, 11) is 0. The second kappa shape index (κ2) is 3.85. The highest BCUT2D eigenvalue weighted by Gasteiger charge is 2.18. The monoisotopic (exact) mass is 235 g/mol. The van der Waals surface area contributed by atoms with Crippen LogP contribution in [0.4, 0.5) is 5.82 Å². The van der Waals surface area contributed by atoms with E-state index in [0.29, 0.717) is 11.1 Å². The van der Waals surface area contributed by atoms with Crippen molar-refractivity contribution in [1.29, 1.82) is 0 Å². The van der Waals surface area contributed by atoms with Gasteiger partial charge in [0.05, 0.1) is 5.92 Å². The van der Waals surface area contributed by atoms with Crippen LogP contribution in [0.25, 0.3) is 5.52 Å². The normalized spacial score (nSPS) is 12.5. The fraction of sp³-hybridized carbons (Fsp3) is 0.200. The van der Waals surface area contributed by atoms with Crippen LogP contribution >= 0.6 is 0 Å². The molecule has 0 aliphatic carbocycles. The number of carboxylic acid groups (broad SMARTS) is 1. The molecule has 0 aromatic carbocycles. The topological polar surface area (TPSA) is 97.7 Å². The second-order valence-corrected chi connectivity index (χ2v) is 3.64. The first kappa shape index (κ1) is 11.1. The van der Waals surface area contributed by atoms with Gasteiger partial charge in [0.1, 0.15) is 5.52 Å². The molecule has 88 valence electrons. The van der Waals surface area contributed by atoms with Crippen molar-refractivity contribution in [3.8, 4) is 0 Å². The fourth-order valence-electron chi connectivity index (χ4n) is 1.54. The van der Waals surface area contributed by atoms with Gasteiger partial charge in [-0.1, -0.05) is 6.07 Å². The van der Waals surface area contributed by atoms with Crippen molar-refractivity contribution in [2.45, 2.75) is 12.8 Å². The van der Waals surface area contributed by atoms with E-state index in [1.165, 1.54) is 23.0 Å². The third kappa shape index (κ3) is 1.82. The summed E-state index contributed by atoms with van der Waals surface area (Å²) in [6, 6.07) is 3.06. The molecule has 0 aliphatic heterocycles. The van der Waals surface area contributed by atoms with Gasteiger partial charge in [0.2, 0.25) is 6.33 Å². The number of imidazole rings is 1. The van der Waals surface area contributed by atoms with Gasteiger partial charge < -0.3 is 15.2 Å². The van der Waals surface area contributed by atoms with E-state index in [4.69, 9.17) is 5.11 Å². The molecule has 17 heavy (non-hydrogen) atoms. The number of fused-ring (bicyclic) bond motifs is 1. The van der Waals surface area contributed by atoms with Crippen LogP contribution in [0.2, 0.25) is 0 Å². The zero-order chi connectivity index (χ0) is 12.6. The molecule has 7 nitrogen and oxygen atoms in total. The maximum absolute atomic E-state index is 10.8. The van der Waals surface area contributed by atoms with Crippen molar-refractivity contribution in [2.75, 3.05) is 0 Å². The van der Waals surface area contributed by atoms with E-state index in [1.54, 1.807) is 13.0 Å². The van der Waals surface area contributed by atoms with Crippen LogP contribution in [0, 0.1) is 10.1 Å². The molecule has 1 atom stereocenters. The summed E-state index contributed by atoms with van der Waals surface area (Å²) in [6.07, 6.45) is 2.83. The summed E-state index contributed by atoms with van der Waals surface area (Å²) in [4.78, 5) is 24.5. The lowest BCUT2D eigenvalue weighted by Crippen LogP contribution is -2.08. The number of nitrogens with zero attached hydrogens (tertiary/aromatic N) is 3. The summed E-state index contributed by atoms with van der Waals surface area (Å²) in [5.41, 5.74) is 0.911. The minimum Gasteiger partial charge on any atom is -0.481 e. The average Bonchev–Trinajstić information content (AvgIpc) is 2.70. The molecule has 7 heteroatoms. The molecule has 0 saturated heterocycles. The molecule has 0 amide bonds. The Kier molecular flexibility index (Phi) is 2.51. The van der Waals surface area contributed by atoms with Gasteiger partial charge >= 0.3 is 11.8 Å². The van der Waals surface area contributed by atoms with Gasteiger partial charge in [-0.2, -0.15) is 0 Å². The van der Waals surface area contributed by atoms with Crippen LogP contribution in [0.3, 0.4) is 0 Å². The number of rotatable bonds is 3. The van der Waals surface area contributed by atoms with E-state index < -0.39 is 16.8 Å². The first-order chi connectivity index (χ1) is 8.00. The van der Waals surface area contributed by atoms with Crippen molar-refractivity contribution in [3.63, 3.8) is 0 Å². The minimum absolute atomic E-state index is 0.237. The molecule has 0 fully saturated rings. The summed E-state index contributed by atoms with van der Waals surface area (Å²) in [5.74, 6) is -1.85. The number of aliphatic carboxylic acids is 1. The maximum Gasteiger partial charge on any atom is 0.389 e. The SMILES string of the molecule is CC(C(=O)O)c1ccc2c([N+](=O)[O-])ncn2c1. The molecule has 1 N–H and O–H groups in total. The van der Waals surface area contributed by atoms with Crippen LogP contribution in [0.15, 0.2) is 24.7 Å². The number of aromatic nitrogens is 2. The maximum atomic E-state index is 10.8. The molecule has 0 radical (unpaired) electrons. The van der Waals surface area contributed by atoms with Crippen LogP contribution in [0.5, 0.6) is 0 Å². The van der Waals surface area contributed by atoms with Crippen LogP contribution < -0.4 is 0 Å². The molecule has 2 heterocycles. The molecule has 1 unspecified atom stereocenters. The predicted molar refractivity (Wildman–Crippen MR) is 57.9 cm³/mol. The molecule has 0 saturated carbocycles. The minimum atomic E-state index is -0.945. The van der Waals surface area contributed by atoms with Gasteiger partial charge in [-0.3, -0.25) is 9.20 Å². The predicted octanol–water partition coefficient (Wildman–Crippen LogP) is 1.43. The van der Waals surface area contributed by atoms with Crippen molar-refractivity contribution in [2.24, 2.45) is 0 Å². The molecular weight excluding hydrogens is 226 g/mol. The van der Waals surface area contributed by atoms with Gasteiger partial charge in [-0.15, -0.1) is 0 Å². The highest BCUT2D eigenvalue weighted by atomic mass is 16.6. The Hall–Kier alpha value is -2.44. The molecule has 2 aromatic rings. The molecule has 2 aromatic heterocycles. The third-order valence-electron chi connectivity index (χ3n) is 2.58. The van der Waals surface area contributed by atoms with Crippen molar-refractivity contribution in [1.82, 2.24) is 9.38 Å². The first-order valence-corrected chi connectivity index (χ1v) is 4.84. The number of pyridine rings is 1. The van der Waals surface area contributed by atoms with Gasteiger partial charge in [0.15, 0.2) is 0 Å². The smallest absolute Gasteiger partial charge is 0.389 e. The highest BCUT2D eigenvalue weighted by molar-refractivity contribution is 5.76. The molecule has 2 rings (SSSR count). The second-order valence-electron chi connectivity index (χ2n) is 3.64. The largest absolute Gasteiger partial charge is 0.481 e.